The molecule has 3 amide bonds. The average molecular weight is 440 g/mol. The Balaban J connectivity index is 1.60. The predicted molar refractivity (Wildman–Crippen MR) is 115 cm³/mol. The molecule has 0 saturated carbocycles. The van der Waals surface area contributed by atoms with Crippen molar-refractivity contribution in [3.05, 3.63) is 59.9 Å². The third kappa shape index (κ3) is 4.50. The Hall–Kier alpha value is -3.26. The van der Waals surface area contributed by atoms with Gasteiger partial charge in [-0.2, -0.15) is 0 Å². The quantitative estimate of drug-likeness (QED) is 0.618. The van der Waals surface area contributed by atoms with Crippen LogP contribution in [0.3, 0.4) is 0 Å². The minimum atomic E-state index is -0.948. The van der Waals surface area contributed by atoms with Gasteiger partial charge in [0, 0.05) is 18.7 Å². The van der Waals surface area contributed by atoms with E-state index in [0.717, 1.165) is 17.7 Å². The van der Waals surface area contributed by atoms with Gasteiger partial charge in [0.25, 0.3) is 11.8 Å². The van der Waals surface area contributed by atoms with Gasteiger partial charge in [-0.25, -0.2) is 9.29 Å². The van der Waals surface area contributed by atoms with Crippen molar-refractivity contribution in [2.24, 2.45) is 0 Å². The lowest BCUT2D eigenvalue weighted by Crippen LogP contribution is -2.48. The minimum Gasteiger partial charge on any atom is -0.494 e. The van der Waals surface area contributed by atoms with Crippen molar-refractivity contribution in [2.75, 3.05) is 24.7 Å². The molecule has 2 aliphatic rings. The Labute approximate surface area is 185 Å². The largest absolute Gasteiger partial charge is 0.494 e. The van der Waals surface area contributed by atoms with Crippen LogP contribution in [-0.2, 0) is 14.3 Å². The van der Waals surface area contributed by atoms with Gasteiger partial charge in [0.2, 0.25) is 5.91 Å². The summed E-state index contributed by atoms with van der Waals surface area (Å²) in [4.78, 5) is 41.9. The first kappa shape index (κ1) is 22.0. The number of hydrogen-bond acceptors (Lipinski definition) is 5. The first-order valence-corrected chi connectivity index (χ1v) is 10.8. The fraction of sp³-hybridized carbons (Fsp3) is 0.375. The maximum atomic E-state index is 13.3. The molecule has 2 heterocycles. The molecule has 2 fully saturated rings. The van der Waals surface area contributed by atoms with Crippen LogP contribution in [0.2, 0.25) is 0 Å². The smallest absolute Gasteiger partial charge is 0.257 e. The fourth-order valence-corrected chi connectivity index (χ4v) is 4.11. The summed E-state index contributed by atoms with van der Waals surface area (Å²) in [6.45, 7) is 3.16. The maximum Gasteiger partial charge on any atom is 0.257 e. The average Bonchev–Trinajstić information content (AvgIpc) is 3.40. The molecule has 168 valence electrons. The van der Waals surface area contributed by atoms with E-state index in [4.69, 9.17) is 9.47 Å². The molecule has 0 spiro atoms. The predicted octanol–water partition coefficient (Wildman–Crippen LogP) is 3.18. The summed E-state index contributed by atoms with van der Waals surface area (Å²) < 4.78 is 24.4. The van der Waals surface area contributed by atoms with Crippen molar-refractivity contribution in [2.45, 2.75) is 38.3 Å². The lowest BCUT2D eigenvalue weighted by molar-refractivity contribution is -0.122. The zero-order valence-corrected chi connectivity index (χ0v) is 17.8. The van der Waals surface area contributed by atoms with Crippen LogP contribution < -0.4 is 9.64 Å². The highest BCUT2D eigenvalue weighted by molar-refractivity contribution is 6.23. The summed E-state index contributed by atoms with van der Waals surface area (Å²) in [6, 6.07) is 10.9. The molecule has 2 aromatic carbocycles. The number of carbonyl (C=O) groups excluding carboxylic acids is 3. The van der Waals surface area contributed by atoms with Crippen molar-refractivity contribution >= 4 is 23.4 Å². The van der Waals surface area contributed by atoms with E-state index in [-0.39, 0.29) is 30.5 Å². The van der Waals surface area contributed by atoms with Gasteiger partial charge in [0.15, 0.2) is 0 Å². The van der Waals surface area contributed by atoms with Gasteiger partial charge in [0.1, 0.15) is 17.6 Å². The van der Waals surface area contributed by atoms with Gasteiger partial charge in [-0.1, -0.05) is 0 Å². The number of nitrogens with zero attached hydrogens (tertiary/aromatic N) is 2. The van der Waals surface area contributed by atoms with E-state index in [1.54, 1.807) is 24.3 Å². The van der Waals surface area contributed by atoms with Gasteiger partial charge in [-0.05, 0) is 68.3 Å². The zero-order valence-electron chi connectivity index (χ0n) is 17.8. The van der Waals surface area contributed by atoms with E-state index in [9.17, 15) is 18.8 Å². The Morgan fingerprint density at radius 2 is 1.88 bits per heavy atom. The SMILES string of the molecule is CCOc1ccc(N2C(=O)CC(N(CC3CCCO3)C(=O)c3ccc(F)cc3)C2=O)cc1. The molecule has 2 unspecified atom stereocenters. The molecule has 32 heavy (non-hydrogen) atoms. The summed E-state index contributed by atoms with van der Waals surface area (Å²) in [6.07, 6.45) is 1.32. The molecule has 2 aromatic rings. The molecule has 0 radical (unpaired) electrons. The molecule has 2 atom stereocenters. The zero-order chi connectivity index (χ0) is 22.7. The molecule has 4 rings (SSSR count). The third-order valence-corrected chi connectivity index (χ3v) is 5.68. The van der Waals surface area contributed by atoms with Gasteiger partial charge in [-0.15, -0.1) is 0 Å². The fourth-order valence-electron chi connectivity index (χ4n) is 4.11. The molecule has 0 bridgehead atoms. The van der Waals surface area contributed by atoms with E-state index in [0.29, 0.717) is 24.7 Å². The number of anilines is 1. The number of carbonyl (C=O) groups is 3. The lowest BCUT2D eigenvalue weighted by Gasteiger charge is -2.30. The summed E-state index contributed by atoms with van der Waals surface area (Å²) in [7, 11) is 0. The molecular weight excluding hydrogens is 415 g/mol. The van der Waals surface area contributed by atoms with Gasteiger partial charge < -0.3 is 14.4 Å². The molecule has 0 aromatic heterocycles. The van der Waals surface area contributed by atoms with Crippen molar-refractivity contribution in [3.8, 4) is 5.75 Å². The van der Waals surface area contributed by atoms with Crippen molar-refractivity contribution in [1.82, 2.24) is 4.90 Å². The van der Waals surface area contributed by atoms with E-state index >= 15 is 0 Å². The molecule has 2 saturated heterocycles. The number of rotatable bonds is 7. The number of halogens is 1. The van der Waals surface area contributed by atoms with E-state index < -0.39 is 23.7 Å². The first-order valence-electron chi connectivity index (χ1n) is 10.8. The number of amides is 3. The standard InChI is InChI=1S/C24H25FN2O5/c1-2-31-19-11-9-18(10-12-19)27-22(28)14-21(24(27)30)26(15-20-4-3-13-32-20)23(29)16-5-7-17(25)8-6-16/h5-12,20-21H,2-4,13-15H2,1H3. The van der Waals surface area contributed by atoms with Crippen molar-refractivity contribution in [1.29, 1.82) is 0 Å². The molecule has 8 heteroatoms. The Bertz CT molecular complexity index is 986. The molecule has 0 N–H and O–H groups in total. The van der Waals surface area contributed by atoms with E-state index in [2.05, 4.69) is 0 Å². The second kappa shape index (κ2) is 9.48. The van der Waals surface area contributed by atoms with Crippen LogP contribution in [0.15, 0.2) is 48.5 Å². The number of hydrogen-bond donors (Lipinski definition) is 0. The van der Waals surface area contributed by atoms with Gasteiger partial charge in [0.05, 0.1) is 24.8 Å². The number of imide groups is 1. The second-order valence-electron chi connectivity index (χ2n) is 7.81. The van der Waals surface area contributed by atoms with Gasteiger partial charge >= 0.3 is 0 Å². The highest BCUT2D eigenvalue weighted by Crippen LogP contribution is 2.29. The Morgan fingerprint density at radius 3 is 2.50 bits per heavy atom. The van der Waals surface area contributed by atoms with Crippen LogP contribution in [0.1, 0.15) is 36.5 Å². The highest BCUT2D eigenvalue weighted by Gasteiger charge is 2.45. The number of ether oxygens (including phenoxy) is 2. The lowest BCUT2D eigenvalue weighted by atomic mass is 10.1. The van der Waals surface area contributed by atoms with Crippen LogP contribution in [0, 0.1) is 5.82 Å². The second-order valence-corrected chi connectivity index (χ2v) is 7.81. The minimum absolute atomic E-state index is 0.119. The van der Waals surface area contributed by atoms with Crippen LogP contribution in [0.4, 0.5) is 10.1 Å². The van der Waals surface area contributed by atoms with Crippen molar-refractivity contribution < 1.29 is 28.2 Å². The normalized spacial score (nSPS) is 20.6. The van der Waals surface area contributed by atoms with Gasteiger partial charge in [-0.3, -0.25) is 14.4 Å². The molecule has 0 aliphatic carbocycles. The summed E-state index contributed by atoms with van der Waals surface area (Å²) >= 11 is 0. The van der Waals surface area contributed by atoms with Crippen LogP contribution >= 0.6 is 0 Å². The van der Waals surface area contributed by atoms with Crippen LogP contribution in [0.5, 0.6) is 5.75 Å². The number of benzene rings is 2. The monoisotopic (exact) mass is 440 g/mol. The topological polar surface area (TPSA) is 76.2 Å². The maximum absolute atomic E-state index is 13.3. The van der Waals surface area contributed by atoms with Crippen LogP contribution in [0.25, 0.3) is 0 Å². The van der Waals surface area contributed by atoms with E-state index in [1.165, 1.54) is 29.2 Å². The Kier molecular flexibility index (Phi) is 6.50. The van der Waals surface area contributed by atoms with E-state index in [1.807, 2.05) is 6.92 Å². The summed E-state index contributed by atoms with van der Waals surface area (Å²) in [5.74, 6) is -1.10. The van der Waals surface area contributed by atoms with Crippen LogP contribution in [-0.4, -0.2) is 54.5 Å². The highest BCUT2D eigenvalue weighted by atomic mass is 19.1. The molecular formula is C24H25FN2O5. The molecule has 2 aliphatic heterocycles. The summed E-state index contributed by atoms with van der Waals surface area (Å²) in [5.41, 5.74) is 0.682. The molecule has 7 nitrogen and oxygen atoms in total. The first-order chi connectivity index (χ1) is 15.5. The van der Waals surface area contributed by atoms with Crippen molar-refractivity contribution in [3.63, 3.8) is 0 Å². The summed E-state index contributed by atoms with van der Waals surface area (Å²) in [5, 5.41) is 0. The Morgan fingerprint density at radius 1 is 1.16 bits per heavy atom. The third-order valence-electron chi connectivity index (χ3n) is 5.68.